The molecular weight excluding hydrogens is 223 g/mol. The summed E-state index contributed by atoms with van der Waals surface area (Å²) in [4.78, 5) is 0. The smallest absolute Gasteiger partial charge is 0.0627 e. The number of hydrogen-bond donors (Lipinski definition) is 0. The molecule has 0 aromatic heterocycles. The van der Waals surface area contributed by atoms with Crippen LogP contribution in [-0.2, 0) is 0 Å². The highest BCUT2D eigenvalue weighted by molar-refractivity contribution is 7.93. The van der Waals surface area contributed by atoms with Gasteiger partial charge in [-0.25, -0.2) is 0 Å². The maximum Gasteiger partial charge on any atom is 0.153 e. The van der Waals surface area contributed by atoms with Crippen molar-refractivity contribution in [3.05, 3.63) is 60.7 Å². The van der Waals surface area contributed by atoms with E-state index in [4.69, 9.17) is 0 Å². The topological polar surface area (TPSA) is 0 Å². The third-order valence-corrected chi connectivity index (χ3v) is 6.21. The highest BCUT2D eigenvalue weighted by Crippen LogP contribution is 2.51. The molecule has 2 aromatic carbocycles. The Morgan fingerprint density at radius 3 is 1.53 bits per heavy atom. The number of benzene rings is 2. The monoisotopic (exact) mass is 239 g/mol. The van der Waals surface area contributed by atoms with Crippen molar-refractivity contribution in [3.63, 3.8) is 0 Å². The average molecular weight is 239 g/mol. The van der Waals surface area contributed by atoms with Crippen molar-refractivity contribution in [2.24, 2.45) is 0 Å². The molecule has 0 fully saturated rings. The molecule has 0 aliphatic carbocycles. The van der Waals surface area contributed by atoms with Crippen LogP contribution in [0.1, 0.15) is 6.92 Å². The van der Waals surface area contributed by atoms with Gasteiger partial charge in [-0.2, -0.15) is 0 Å². The summed E-state index contributed by atoms with van der Waals surface area (Å²) in [7, 11) is -1.54. The lowest BCUT2D eigenvalue weighted by Crippen LogP contribution is -2.19. The van der Waals surface area contributed by atoms with E-state index in [1.54, 1.807) is 0 Å². The Balaban J connectivity index is 2.58. The molecule has 0 amide bonds. The first-order valence-electron chi connectivity index (χ1n) is 5.69. The standard InChI is InChI=1S/C16H16P/c1-3-14-17(2,15-10-6-4-7-11-15)16-12-8-5-9-13-16/h4-13H,1-2H3/q+1. The van der Waals surface area contributed by atoms with Crippen LogP contribution in [0.5, 0.6) is 0 Å². The first kappa shape index (κ1) is 11.9. The van der Waals surface area contributed by atoms with Crippen molar-refractivity contribution >= 4 is 17.9 Å². The number of hydrogen-bond acceptors (Lipinski definition) is 0. The fraction of sp³-hybridized carbons (Fsp3) is 0.125. The first-order valence-corrected chi connectivity index (χ1v) is 7.93. The molecule has 0 unspecified atom stereocenters. The Kier molecular flexibility index (Phi) is 3.62. The Morgan fingerprint density at radius 1 is 0.765 bits per heavy atom. The molecule has 0 saturated carbocycles. The largest absolute Gasteiger partial charge is 0.153 e. The van der Waals surface area contributed by atoms with Crippen LogP contribution in [0.2, 0.25) is 0 Å². The van der Waals surface area contributed by atoms with Gasteiger partial charge in [-0.1, -0.05) is 42.3 Å². The minimum absolute atomic E-state index is 1.35. The normalized spacial score (nSPS) is 10.5. The van der Waals surface area contributed by atoms with Gasteiger partial charge < -0.3 is 0 Å². The van der Waals surface area contributed by atoms with E-state index >= 15 is 0 Å². The molecule has 0 radical (unpaired) electrons. The summed E-state index contributed by atoms with van der Waals surface area (Å²) in [6.07, 6.45) is 0. The van der Waals surface area contributed by atoms with Crippen molar-refractivity contribution in [1.29, 1.82) is 0 Å². The number of rotatable bonds is 2. The summed E-state index contributed by atoms with van der Waals surface area (Å²) in [6, 6.07) is 21.2. The van der Waals surface area contributed by atoms with E-state index in [-0.39, 0.29) is 0 Å². The van der Waals surface area contributed by atoms with Crippen molar-refractivity contribution in [2.75, 3.05) is 6.66 Å². The lowest BCUT2D eigenvalue weighted by atomic mass is 10.4. The van der Waals surface area contributed by atoms with Gasteiger partial charge in [0.1, 0.15) is 10.6 Å². The Hall–Kier alpha value is -1.57. The van der Waals surface area contributed by atoms with E-state index in [2.05, 4.69) is 78.9 Å². The van der Waals surface area contributed by atoms with Crippen molar-refractivity contribution < 1.29 is 0 Å². The summed E-state index contributed by atoms with van der Waals surface area (Å²) >= 11 is 0. The molecule has 0 spiro atoms. The molecule has 0 atom stereocenters. The summed E-state index contributed by atoms with van der Waals surface area (Å²) in [5.74, 6) is 3.10. The van der Waals surface area contributed by atoms with Gasteiger partial charge >= 0.3 is 0 Å². The lowest BCUT2D eigenvalue weighted by molar-refractivity contribution is 1.74. The molecule has 84 valence electrons. The van der Waals surface area contributed by atoms with Gasteiger partial charge in [-0.05, 0) is 24.3 Å². The van der Waals surface area contributed by atoms with Crippen molar-refractivity contribution in [2.45, 2.75) is 6.92 Å². The first-order chi connectivity index (χ1) is 8.27. The maximum absolute atomic E-state index is 3.45. The Morgan fingerprint density at radius 2 is 1.18 bits per heavy atom. The van der Waals surface area contributed by atoms with Crippen LogP contribution in [0.3, 0.4) is 0 Å². The molecule has 2 aromatic rings. The summed E-state index contributed by atoms with van der Waals surface area (Å²) in [5, 5.41) is 2.70. The highest BCUT2D eigenvalue weighted by Gasteiger charge is 2.35. The fourth-order valence-corrected chi connectivity index (χ4v) is 4.49. The maximum atomic E-state index is 3.45. The zero-order valence-corrected chi connectivity index (χ0v) is 11.1. The van der Waals surface area contributed by atoms with Crippen LogP contribution in [0.25, 0.3) is 0 Å². The second-order valence-electron chi connectivity index (χ2n) is 4.04. The summed E-state index contributed by atoms with van der Waals surface area (Å²) < 4.78 is 0. The minimum atomic E-state index is -1.54. The van der Waals surface area contributed by atoms with Gasteiger partial charge in [0.15, 0.2) is 7.26 Å². The van der Waals surface area contributed by atoms with Crippen LogP contribution in [0.15, 0.2) is 60.7 Å². The van der Waals surface area contributed by atoms with E-state index in [0.717, 1.165) is 0 Å². The zero-order chi connectivity index (χ0) is 12.1. The third kappa shape index (κ3) is 2.41. The molecule has 2 rings (SSSR count). The predicted molar refractivity (Wildman–Crippen MR) is 78.4 cm³/mol. The van der Waals surface area contributed by atoms with Gasteiger partial charge in [0.2, 0.25) is 0 Å². The molecule has 17 heavy (non-hydrogen) atoms. The molecule has 1 heteroatoms. The van der Waals surface area contributed by atoms with Gasteiger partial charge in [0.05, 0.1) is 12.3 Å². The average Bonchev–Trinajstić information content (AvgIpc) is 2.41. The Bertz CT molecular complexity index is 492. The molecule has 0 saturated heterocycles. The van der Waals surface area contributed by atoms with E-state index < -0.39 is 7.26 Å². The summed E-state index contributed by atoms with van der Waals surface area (Å²) in [5.41, 5.74) is 3.45. The van der Waals surface area contributed by atoms with E-state index in [9.17, 15) is 0 Å². The lowest BCUT2D eigenvalue weighted by Gasteiger charge is -2.15. The fourth-order valence-electron chi connectivity index (χ4n) is 1.95. The minimum Gasteiger partial charge on any atom is -0.0627 e. The van der Waals surface area contributed by atoms with Gasteiger partial charge in [-0.15, -0.1) is 0 Å². The molecule has 0 aliphatic heterocycles. The molecule has 0 nitrogen and oxygen atoms in total. The van der Waals surface area contributed by atoms with Crippen molar-refractivity contribution in [3.8, 4) is 11.6 Å². The van der Waals surface area contributed by atoms with Gasteiger partial charge in [-0.3, -0.25) is 0 Å². The molecular formula is C16H16P+. The molecule has 0 N–H and O–H groups in total. The third-order valence-electron chi connectivity index (χ3n) is 2.88. The summed E-state index contributed by atoms with van der Waals surface area (Å²) in [6.45, 7) is 4.21. The molecule has 0 heterocycles. The second-order valence-corrected chi connectivity index (χ2v) is 7.31. The van der Waals surface area contributed by atoms with Crippen molar-refractivity contribution in [1.82, 2.24) is 0 Å². The molecule has 0 bridgehead atoms. The SMILES string of the molecule is CC#C[P+](C)(c1ccccc1)c1ccccc1. The molecule has 0 aliphatic rings. The second kappa shape index (κ2) is 5.17. The van der Waals surface area contributed by atoms with E-state index in [1.165, 1.54) is 10.6 Å². The van der Waals surface area contributed by atoms with Crippen LogP contribution in [0, 0.1) is 11.6 Å². The highest BCUT2D eigenvalue weighted by atomic mass is 31.2. The van der Waals surface area contributed by atoms with Crippen LogP contribution in [-0.4, -0.2) is 6.66 Å². The van der Waals surface area contributed by atoms with Crippen LogP contribution < -0.4 is 10.6 Å². The Labute approximate surface area is 104 Å². The zero-order valence-electron chi connectivity index (χ0n) is 10.2. The quantitative estimate of drug-likeness (QED) is 0.557. The van der Waals surface area contributed by atoms with E-state index in [1.807, 2.05) is 6.92 Å². The van der Waals surface area contributed by atoms with Gasteiger partial charge in [0.25, 0.3) is 0 Å². The van der Waals surface area contributed by atoms with Crippen LogP contribution in [0.4, 0.5) is 0 Å². The van der Waals surface area contributed by atoms with Crippen LogP contribution >= 0.6 is 7.26 Å². The van der Waals surface area contributed by atoms with E-state index in [0.29, 0.717) is 0 Å². The van der Waals surface area contributed by atoms with Gasteiger partial charge in [0, 0.05) is 6.92 Å². The predicted octanol–water partition coefficient (Wildman–Crippen LogP) is 3.27.